The van der Waals surface area contributed by atoms with E-state index in [4.69, 9.17) is 5.84 Å². The molecule has 7 heteroatoms. The van der Waals surface area contributed by atoms with E-state index in [1.807, 2.05) is 0 Å². The quantitative estimate of drug-likeness (QED) is 0.363. The van der Waals surface area contributed by atoms with Crippen LogP contribution in [0.2, 0.25) is 0 Å². The molecule has 0 saturated heterocycles. The van der Waals surface area contributed by atoms with Gasteiger partial charge in [0.05, 0.1) is 4.92 Å². The third-order valence-electron chi connectivity index (χ3n) is 4.23. The van der Waals surface area contributed by atoms with Crippen LogP contribution in [0.3, 0.4) is 0 Å². The standard InChI is InChI=1S/C14H22N4O3/c15-17-13-7-3-6-12(14(13)18(20)21)16-8-10-4-1-2-5-11(10)9-19/h3,6-7,10-11,16-17,19H,1-2,4-5,8-9,15H2. The Kier molecular flexibility index (Phi) is 5.35. The summed E-state index contributed by atoms with van der Waals surface area (Å²) < 4.78 is 0. The van der Waals surface area contributed by atoms with Crippen molar-refractivity contribution in [3.8, 4) is 0 Å². The fraction of sp³-hybridized carbons (Fsp3) is 0.571. The van der Waals surface area contributed by atoms with E-state index in [9.17, 15) is 15.2 Å². The number of para-hydroxylation sites is 1. The SMILES string of the molecule is NNc1cccc(NCC2CCCCC2CO)c1[N+](=O)[O-]. The highest BCUT2D eigenvalue weighted by Gasteiger charge is 2.25. The molecule has 2 rings (SSSR count). The van der Waals surface area contributed by atoms with Gasteiger partial charge >= 0.3 is 5.69 Å². The molecule has 21 heavy (non-hydrogen) atoms. The first-order chi connectivity index (χ1) is 10.2. The van der Waals surface area contributed by atoms with Gasteiger partial charge in [-0.05, 0) is 36.8 Å². The summed E-state index contributed by atoms with van der Waals surface area (Å²) in [5.74, 6) is 5.95. The molecule has 0 amide bonds. The molecule has 5 N–H and O–H groups in total. The van der Waals surface area contributed by atoms with Crippen molar-refractivity contribution in [1.82, 2.24) is 0 Å². The van der Waals surface area contributed by atoms with Gasteiger partial charge in [0.1, 0.15) is 11.4 Å². The first kappa shape index (κ1) is 15.5. The molecule has 0 bridgehead atoms. The van der Waals surface area contributed by atoms with Crippen LogP contribution >= 0.6 is 0 Å². The van der Waals surface area contributed by atoms with Gasteiger partial charge in [-0.25, -0.2) is 0 Å². The lowest BCUT2D eigenvalue weighted by atomic mass is 9.79. The van der Waals surface area contributed by atoms with E-state index in [0.29, 0.717) is 18.2 Å². The van der Waals surface area contributed by atoms with Crippen LogP contribution in [-0.2, 0) is 0 Å². The van der Waals surface area contributed by atoms with Crippen molar-refractivity contribution < 1.29 is 10.0 Å². The van der Waals surface area contributed by atoms with E-state index in [0.717, 1.165) is 25.7 Å². The Morgan fingerprint density at radius 1 is 1.29 bits per heavy atom. The van der Waals surface area contributed by atoms with Crippen molar-refractivity contribution in [1.29, 1.82) is 0 Å². The van der Waals surface area contributed by atoms with Crippen molar-refractivity contribution in [2.75, 3.05) is 23.9 Å². The van der Waals surface area contributed by atoms with E-state index in [1.165, 1.54) is 0 Å². The second-order valence-corrected chi connectivity index (χ2v) is 5.47. The average molecular weight is 294 g/mol. The Morgan fingerprint density at radius 3 is 2.57 bits per heavy atom. The lowest BCUT2D eigenvalue weighted by Gasteiger charge is -2.30. The molecule has 2 atom stereocenters. The first-order valence-electron chi connectivity index (χ1n) is 7.26. The van der Waals surface area contributed by atoms with Crippen LogP contribution in [0.25, 0.3) is 0 Å². The smallest absolute Gasteiger partial charge is 0.316 e. The Bertz CT molecular complexity index is 495. The summed E-state index contributed by atoms with van der Waals surface area (Å²) in [6.45, 7) is 0.804. The van der Waals surface area contributed by atoms with Crippen LogP contribution in [0.4, 0.5) is 17.1 Å². The minimum absolute atomic E-state index is 0.0450. The molecular weight excluding hydrogens is 272 g/mol. The molecular formula is C14H22N4O3. The number of aliphatic hydroxyl groups is 1. The number of nitrogens with two attached hydrogens (primary N) is 1. The minimum Gasteiger partial charge on any atom is -0.396 e. The van der Waals surface area contributed by atoms with E-state index < -0.39 is 4.92 Å². The van der Waals surface area contributed by atoms with Crippen molar-refractivity contribution in [2.24, 2.45) is 17.7 Å². The fourth-order valence-corrected chi connectivity index (χ4v) is 3.03. The summed E-state index contributed by atoms with van der Waals surface area (Å²) in [5.41, 5.74) is 3.05. The zero-order chi connectivity index (χ0) is 15.2. The Balaban J connectivity index is 2.10. The van der Waals surface area contributed by atoms with Gasteiger partial charge in [0.25, 0.3) is 0 Å². The van der Waals surface area contributed by atoms with E-state index >= 15 is 0 Å². The van der Waals surface area contributed by atoms with Crippen LogP contribution in [0.1, 0.15) is 25.7 Å². The largest absolute Gasteiger partial charge is 0.396 e. The lowest BCUT2D eigenvalue weighted by molar-refractivity contribution is -0.383. The van der Waals surface area contributed by atoms with Crippen molar-refractivity contribution in [3.05, 3.63) is 28.3 Å². The zero-order valence-corrected chi connectivity index (χ0v) is 11.9. The number of hydrogen-bond donors (Lipinski definition) is 4. The summed E-state index contributed by atoms with van der Waals surface area (Å²) in [7, 11) is 0. The van der Waals surface area contributed by atoms with Gasteiger partial charge in [-0.1, -0.05) is 18.9 Å². The summed E-state index contributed by atoms with van der Waals surface area (Å²) in [4.78, 5) is 10.8. The molecule has 0 aliphatic heterocycles. The normalized spacial score (nSPS) is 21.8. The Hall–Kier alpha value is -1.86. The summed E-state index contributed by atoms with van der Waals surface area (Å²) in [5, 5.41) is 23.8. The summed E-state index contributed by atoms with van der Waals surface area (Å²) in [6.07, 6.45) is 4.36. The van der Waals surface area contributed by atoms with Gasteiger partial charge in [0, 0.05) is 13.2 Å². The number of anilines is 2. The third-order valence-corrected chi connectivity index (χ3v) is 4.23. The highest BCUT2D eigenvalue weighted by atomic mass is 16.6. The maximum atomic E-state index is 11.2. The van der Waals surface area contributed by atoms with Crippen molar-refractivity contribution in [2.45, 2.75) is 25.7 Å². The van der Waals surface area contributed by atoms with Crippen LogP contribution in [0, 0.1) is 22.0 Å². The van der Waals surface area contributed by atoms with Gasteiger partial charge in [0.2, 0.25) is 0 Å². The molecule has 0 aromatic heterocycles. The maximum Gasteiger partial charge on any atom is 0.316 e. The topological polar surface area (TPSA) is 113 Å². The fourth-order valence-electron chi connectivity index (χ4n) is 3.03. The van der Waals surface area contributed by atoms with Crippen LogP contribution < -0.4 is 16.6 Å². The molecule has 1 saturated carbocycles. The molecule has 7 nitrogen and oxygen atoms in total. The second kappa shape index (κ2) is 7.24. The molecule has 0 radical (unpaired) electrons. The molecule has 1 aromatic carbocycles. The molecule has 0 heterocycles. The molecule has 1 aliphatic carbocycles. The number of hydrazine groups is 1. The molecule has 1 fully saturated rings. The van der Waals surface area contributed by atoms with Gasteiger partial charge < -0.3 is 15.8 Å². The third kappa shape index (κ3) is 3.62. The Morgan fingerprint density at radius 2 is 1.95 bits per heavy atom. The van der Waals surface area contributed by atoms with Gasteiger partial charge in [-0.15, -0.1) is 0 Å². The molecule has 1 aliphatic rings. The number of rotatable bonds is 6. The van der Waals surface area contributed by atoms with Crippen LogP contribution in [-0.4, -0.2) is 23.2 Å². The number of hydrogen-bond acceptors (Lipinski definition) is 6. The summed E-state index contributed by atoms with van der Waals surface area (Å²) in [6, 6.07) is 4.96. The van der Waals surface area contributed by atoms with E-state index in [1.54, 1.807) is 18.2 Å². The monoisotopic (exact) mass is 294 g/mol. The number of aliphatic hydroxyl groups excluding tert-OH is 1. The maximum absolute atomic E-state index is 11.2. The molecule has 0 spiro atoms. The van der Waals surface area contributed by atoms with E-state index in [2.05, 4.69) is 10.7 Å². The average Bonchev–Trinajstić information content (AvgIpc) is 2.52. The molecule has 1 aromatic rings. The van der Waals surface area contributed by atoms with Crippen LogP contribution in [0.15, 0.2) is 18.2 Å². The predicted molar refractivity (Wildman–Crippen MR) is 81.9 cm³/mol. The predicted octanol–water partition coefficient (Wildman–Crippen LogP) is 2.09. The summed E-state index contributed by atoms with van der Waals surface area (Å²) >= 11 is 0. The van der Waals surface area contributed by atoms with Gasteiger partial charge in [0.15, 0.2) is 0 Å². The number of nitrogen functional groups attached to an aromatic ring is 1. The number of nitrogens with one attached hydrogen (secondary N) is 2. The molecule has 2 unspecified atom stereocenters. The lowest BCUT2D eigenvalue weighted by Crippen LogP contribution is -2.28. The highest BCUT2D eigenvalue weighted by molar-refractivity contribution is 5.75. The number of nitrogens with zero attached hydrogens (tertiary/aromatic N) is 1. The minimum atomic E-state index is -0.443. The number of nitro benzene ring substituents is 1. The number of nitro groups is 1. The van der Waals surface area contributed by atoms with Gasteiger partial charge in [-0.3, -0.25) is 16.0 Å². The zero-order valence-electron chi connectivity index (χ0n) is 11.9. The van der Waals surface area contributed by atoms with Crippen molar-refractivity contribution in [3.63, 3.8) is 0 Å². The van der Waals surface area contributed by atoms with E-state index in [-0.39, 0.29) is 23.9 Å². The first-order valence-corrected chi connectivity index (χ1v) is 7.26. The van der Waals surface area contributed by atoms with Gasteiger partial charge in [-0.2, -0.15) is 0 Å². The Labute approximate surface area is 123 Å². The number of benzene rings is 1. The second-order valence-electron chi connectivity index (χ2n) is 5.47. The van der Waals surface area contributed by atoms with Crippen molar-refractivity contribution >= 4 is 17.1 Å². The van der Waals surface area contributed by atoms with Crippen LogP contribution in [0.5, 0.6) is 0 Å². The molecule has 116 valence electrons. The highest BCUT2D eigenvalue weighted by Crippen LogP contribution is 2.34.